The second-order valence-electron chi connectivity index (χ2n) is 3.06. The lowest BCUT2D eigenvalue weighted by atomic mass is 10.1. The van der Waals surface area contributed by atoms with Crippen LogP contribution in [0.4, 0.5) is 0 Å². The van der Waals surface area contributed by atoms with E-state index in [1.165, 1.54) is 13.2 Å². The zero-order chi connectivity index (χ0) is 10.8. The lowest BCUT2D eigenvalue weighted by Crippen LogP contribution is -1.98. The molecule has 0 unspecified atom stereocenters. The van der Waals surface area contributed by atoms with Gasteiger partial charge in [-0.15, -0.1) is 0 Å². The molecule has 0 fully saturated rings. The van der Waals surface area contributed by atoms with Crippen LogP contribution >= 0.6 is 0 Å². The molecule has 1 N–H and O–H groups in total. The first-order valence-electron chi connectivity index (χ1n) is 4.38. The summed E-state index contributed by atoms with van der Waals surface area (Å²) in [6, 6.07) is 6.61. The van der Waals surface area contributed by atoms with Gasteiger partial charge in [0.2, 0.25) is 0 Å². The summed E-state index contributed by atoms with van der Waals surface area (Å²) in [6.45, 7) is 0. The van der Waals surface area contributed by atoms with Crippen LogP contribution in [0, 0.1) is 0 Å². The molecule has 0 aliphatic carbocycles. The molecule has 0 aliphatic rings. The van der Waals surface area contributed by atoms with Gasteiger partial charge in [0, 0.05) is 11.6 Å². The lowest BCUT2D eigenvalue weighted by Gasteiger charge is -2.05. The molecule has 0 amide bonds. The molecular weight excluding hydrogens is 194 g/mol. The fourth-order valence-electron chi connectivity index (χ4n) is 1.44. The molecule has 0 saturated carbocycles. The van der Waals surface area contributed by atoms with Gasteiger partial charge in [-0.2, -0.15) is 0 Å². The van der Waals surface area contributed by atoms with Crippen molar-refractivity contribution in [2.75, 3.05) is 7.11 Å². The zero-order valence-corrected chi connectivity index (χ0v) is 8.10. The van der Waals surface area contributed by atoms with Crippen molar-refractivity contribution < 1.29 is 14.6 Å². The van der Waals surface area contributed by atoms with E-state index < -0.39 is 5.97 Å². The SMILES string of the molecule is COc1cc(C(=O)O)cc2cccnc12. The third-order valence-electron chi connectivity index (χ3n) is 2.14. The number of benzene rings is 1. The van der Waals surface area contributed by atoms with Crippen LogP contribution < -0.4 is 4.74 Å². The highest BCUT2D eigenvalue weighted by atomic mass is 16.5. The number of fused-ring (bicyclic) bond motifs is 1. The van der Waals surface area contributed by atoms with Gasteiger partial charge in [-0.05, 0) is 18.2 Å². The molecule has 0 spiro atoms. The maximum atomic E-state index is 10.8. The molecule has 1 aromatic carbocycles. The number of carboxylic acids is 1. The van der Waals surface area contributed by atoms with Crippen LogP contribution in [0.2, 0.25) is 0 Å². The Morgan fingerprint density at radius 2 is 2.27 bits per heavy atom. The van der Waals surface area contributed by atoms with Crippen molar-refractivity contribution in [2.24, 2.45) is 0 Å². The lowest BCUT2D eigenvalue weighted by molar-refractivity contribution is 0.0696. The van der Waals surface area contributed by atoms with E-state index in [1.807, 2.05) is 0 Å². The van der Waals surface area contributed by atoms with Crippen molar-refractivity contribution in [3.63, 3.8) is 0 Å². The normalized spacial score (nSPS) is 10.2. The van der Waals surface area contributed by atoms with E-state index in [9.17, 15) is 4.79 Å². The van der Waals surface area contributed by atoms with E-state index in [0.717, 1.165) is 5.39 Å². The number of aromatic nitrogens is 1. The summed E-state index contributed by atoms with van der Waals surface area (Å²) in [7, 11) is 1.50. The van der Waals surface area contributed by atoms with Gasteiger partial charge < -0.3 is 9.84 Å². The van der Waals surface area contributed by atoms with Gasteiger partial charge in [-0.1, -0.05) is 6.07 Å². The number of hydrogen-bond donors (Lipinski definition) is 1. The van der Waals surface area contributed by atoms with E-state index in [1.54, 1.807) is 24.4 Å². The predicted octanol–water partition coefficient (Wildman–Crippen LogP) is 1.94. The highest BCUT2D eigenvalue weighted by Gasteiger charge is 2.09. The van der Waals surface area contributed by atoms with E-state index in [2.05, 4.69) is 4.98 Å². The summed E-state index contributed by atoms with van der Waals surface area (Å²) in [6.07, 6.45) is 1.64. The van der Waals surface area contributed by atoms with Gasteiger partial charge in [0.15, 0.2) is 0 Å². The molecule has 0 aliphatic heterocycles. The minimum absolute atomic E-state index is 0.201. The van der Waals surface area contributed by atoms with Gasteiger partial charge in [0.1, 0.15) is 11.3 Å². The number of rotatable bonds is 2. The largest absolute Gasteiger partial charge is 0.494 e. The van der Waals surface area contributed by atoms with Gasteiger partial charge >= 0.3 is 5.97 Å². The molecule has 76 valence electrons. The summed E-state index contributed by atoms with van der Waals surface area (Å²) in [5.74, 6) is -0.496. The van der Waals surface area contributed by atoms with Crippen molar-refractivity contribution >= 4 is 16.9 Å². The second-order valence-corrected chi connectivity index (χ2v) is 3.06. The second kappa shape index (κ2) is 3.57. The first-order valence-corrected chi connectivity index (χ1v) is 4.38. The van der Waals surface area contributed by atoms with Crippen molar-refractivity contribution in [2.45, 2.75) is 0 Å². The van der Waals surface area contributed by atoms with Gasteiger partial charge in [0.25, 0.3) is 0 Å². The van der Waals surface area contributed by atoms with Crippen molar-refractivity contribution in [1.29, 1.82) is 0 Å². The van der Waals surface area contributed by atoms with Crippen molar-refractivity contribution in [1.82, 2.24) is 4.98 Å². The van der Waals surface area contributed by atoms with Crippen molar-refractivity contribution in [3.05, 3.63) is 36.0 Å². The maximum Gasteiger partial charge on any atom is 0.335 e. The van der Waals surface area contributed by atoms with Crippen LogP contribution in [0.3, 0.4) is 0 Å². The van der Waals surface area contributed by atoms with Gasteiger partial charge in [0.05, 0.1) is 12.7 Å². The number of pyridine rings is 1. The Kier molecular flexibility index (Phi) is 2.25. The number of nitrogens with zero attached hydrogens (tertiary/aromatic N) is 1. The highest BCUT2D eigenvalue weighted by molar-refractivity contribution is 5.95. The van der Waals surface area contributed by atoms with Crippen LogP contribution in [0.1, 0.15) is 10.4 Å². The third-order valence-corrected chi connectivity index (χ3v) is 2.14. The number of methoxy groups -OCH3 is 1. The van der Waals surface area contributed by atoms with E-state index in [0.29, 0.717) is 11.3 Å². The minimum atomic E-state index is -0.973. The Morgan fingerprint density at radius 3 is 2.93 bits per heavy atom. The Hall–Kier alpha value is -2.10. The van der Waals surface area contributed by atoms with Crippen LogP contribution in [-0.2, 0) is 0 Å². The first-order chi connectivity index (χ1) is 7.22. The molecule has 4 nitrogen and oxygen atoms in total. The number of aromatic carboxylic acids is 1. The van der Waals surface area contributed by atoms with Crippen molar-refractivity contribution in [3.8, 4) is 5.75 Å². The standard InChI is InChI=1S/C11H9NO3/c1-15-9-6-8(11(13)14)5-7-3-2-4-12-10(7)9/h2-6H,1H3,(H,13,14). The van der Waals surface area contributed by atoms with Gasteiger partial charge in [-0.3, -0.25) is 4.98 Å². The molecule has 4 heteroatoms. The van der Waals surface area contributed by atoms with Crippen LogP contribution in [0.5, 0.6) is 5.75 Å². The van der Waals surface area contributed by atoms with E-state index in [-0.39, 0.29) is 5.56 Å². The molecule has 1 aromatic heterocycles. The quantitative estimate of drug-likeness (QED) is 0.810. The number of ether oxygens (including phenoxy) is 1. The Morgan fingerprint density at radius 1 is 1.47 bits per heavy atom. The summed E-state index contributed by atoms with van der Waals surface area (Å²) in [5.41, 5.74) is 0.873. The molecule has 0 atom stereocenters. The highest BCUT2D eigenvalue weighted by Crippen LogP contribution is 2.25. The molecule has 2 aromatic rings. The summed E-state index contributed by atoms with van der Waals surface area (Å²) >= 11 is 0. The Labute approximate surface area is 86.1 Å². The fraction of sp³-hybridized carbons (Fsp3) is 0.0909. The third kappa shape index (κ3) is 1.61. The molecule has 0 radical (unpaired) electrons. The monoisotopic (exact) mass is 203 g/mol. The zero-order valence-electron chi connectivity index (χ0n) is 8.10. The molecule has 0 bridgehead atoms. The van der Waals surface area contributed by atoms with Crippen LogP contribution in [0.25, 0.3) is 10.9 Å². The average Bonchev–Trinajstić information content (AvgIpc) is 2.27. The Balaban J connectivity index is 2.77. The Bertz CT molecular complexity index is 522. The fourth-order valence-corrected chi connectivity index (χ4v) is 1.44. The molecular formula is C11H9NO3. The number of hydrogen-bond acceptors (Lipinski definition) is 3. The van der Waals surface area contributed by atoms with Crippen LogP contribution in [0.15, 0.2) is 30.5 Å². The first kappa shape index (κ1) is 9.45. The topological polar surface area (TPSA) is 59.4 Å². The summed E-state index contributed by atoms with van der Waals surface area (Å²) in [4.78, 5) is 15.0. The number of carboxylic acid groups (broad SMARTS) is 1. The number of carbonyl (C=O) groups is 1. The van der Waals surface area contributed by atoms with Gasteiger partial charge in [-0.25, -0.2) is 4.79 Å². The smallest absolute Gasteiger partial charge is 0.335 e. The molecule has 2 rings (SSSR count). The molecule has 1 heterocycles. The van der Waals surface area contributed by atoms with E-state index >= 15 is 0 Å². The summed E-state index contributed by atoms with van der Waals surface area (Å²) < 4.78 is 5.09. The van der Waals surface area contributed by atoms with E-state index in [4.69, 9.17) is 9.84 Å². The van der Waals surface area contributed by atoms with Crippen LogP contribution in [-0.4, -0.2) is 23.2 Å². The minimum Gasteiger partial charge on any atom is -0.494 e. The molecule has 0 saturated heterocycles. The summed E-state index contributed by atoms with van der Waals surface area (Å²) in [5, 5.41) is 9.65. The average molecular weight is 203 g/mol. The molecule has 15 heavy (non-hydrogen) atoms. The predicted molar refractivity (Wildman–Crippen MR) is 55.3 cm³/mol. The maximum absolute atomic E-state index is 10.8.